The Hall–Kier alpha value is -2.10. The number of hydrogen-bond acceptors (Lipinski definition) is 2. The van der Waals surface area contributed by atoms with E-state index < -0.39 is 11.6 Å². The van der Waals surface area contributed by atoms with Crippen LogP contribution < -0.4 is 5.32 Å². The SMILES string of the molecule is Cc1ccc(NCc2ccc(F)cc2F)c(C)c1O. The molecule has 0 amide bonds. The first-order chi connectivity index (χ1) is 8.99. The number of phenols is 1. The van der Waals surface area contributed by atoms with Gasteiger partial charge in [0.2, 0.25) is 0 Å². The molecule has 2 rings (SSSR count). The second kappa shape index (κ2) is 5.26. The molecule has 0 saturated carbocycles. The highest BCUT2D eigenvalue weighted by Crippen LogP contribution is 2.28. The molecule has 100 valence electrons. The second-order valence-corrected chi connectivity index (χ2v) is 4.49. The lowest BCUT2D eigenvalue weighted by molar-refractivity contribution is 0.467. The first-order valence-electron chi connectivity index (χ1n) is 5.96. The molecule has 0 bridgehead atoms. The topological polar surface area (TPSA) is 32.3 Å². The number of halogens is 2. The molecule has 0 saturated heterocycles. The molecule has 0 heterocycles. The van der Waals surface area contributed by atoms with Crippen LogP contribution in [0.4, 0.5) is 14.5 Å². The minimum atomic E-state index is -0.592. The summed E-state index contributed by atoms with van der Waals surface area (Å²) < 4.78 is 26.2. The van der Waals surface area contributed by atoms with E-state index in [9.17, 15) is 13.9 Å². The molecule has 0 radical (unpaired) electrons. The van der Waals surface area contributed by atoms with Crippen LogP contribution >= 0.6 is 0 Å². The largest absolute Gasteiger partial charge is 0.507 e. The zero-order valence-electron chi connectivity index (χ0n) is 10.8. The van der Waals surface area contributed by atoms with Crippen LogP contribution in [-0.4, -0.2) is 5.11 Å². The van der Waals surface area contributed by atoms with Gasteiger partial charge in [0.25, 0.3) is 0 Å². The third-order valence-corrected chi connectivity index (χ3v) is 3.12. The summed E-state index contributed by atoms with van der Waals surface area (Å²) in [5.41, 5.74) is 2.60. The van der Waals surface area contributed by atoms with Crippen molar-refractivity contribution >= 4 is 5.69 Å². The quantitative estimate of drug-likeness (QED) is 0.880. The fourth-order valence-corrected chi connectivity index (χ4v) is 1.88. The number of hydrogen-bond donors (Lipinski definition) is 2. The van der Waals surface area contributed by atoms with Crippen molar-refractivity contribution < 1.29 is 13.9 Å². The van der Waals surface area contributed by atoms with Gasteiger partial charge in [-0.15, -0.1) is 0 Å². The summed E-state index contributed by atoms with van der Waals surface area (Å²) in [7, 11) is 0. The maximum absolute atomic E-state index is 13.5. The van der Waals surface area contributed by atoms with Crippen molar-refractivity contribution in [3.05, 3.63) is 58.7 Å². The molecule has 0 aliphatic carbocycles. The van der Waals surface area contributed by atoms with Gasteiger partial charge in [-0.25, -0.2) is 8.78 Å². The van der Waals surface area contributed by atoms with Crippen molar-refractivity contribution in [3.8, 4) is 5.75 Å². The zero-order valence-corrected chi connectivity index (χ0v) is 10.8. The predicted molar refractivity (Wildman–Crippen MR) is 71.3 cm³/mol. The van der Waals surface area contributed by atoms with E-state index in [1.807, 2.05) is 13.0 Å². The molecule has 19 heavy (non-hydrogen) atoms. The van der Waals surface area contributed by atoms with Gasteiger partial charge in [-0.2, -0.15) is 0 Å². The average molecular weight is 263 g/mol. The molecule has 2 aromatic carbocycles. The van der Waals surface area contributed by atoms with Crippen molar-refractivity contribution in [3.63, 3.8) is 0 Å². The van der Waals surface area contributed by atoms with E-state index in [0.29, 0.717) is 11.1 Å². The summed E-state index contributed by atoms with van der Waals surface area (Å²) in [6.45, 7) is 3.83. The Labute approximate surface area is 110 Å². The highest BCUT2D eigenvalue weighted by molar-refractivity contribution is 5.59. The van der Waals surface area contributed by atoms with Crippen molar-refractivity contribution in [1.82, 2.24) is 0 Å². The van der Waals surface area contributed by atoms with Crippen molar-refractivity contribution in [2.75, 3.05) is 5.32 Å². The zero-order chi connectivity index (χ0) is 14.0. The Bertz CT molecular complexity index is 611. The van der Waals surface area contributed by atoms with Gasteiger partial charge < -0.3 is 10.4 Å². The summed E-state index contributed by atoms with van der Waals surface area (Å²) in [5.74, 6) is -0.948. The van der Waals surface area contributed by atoms with E-state index in [0.717, 1.165) is 17.3 Å². The summed E-state index contributed by atoms with van der Waals surface area (Å²) in [6, 6.07) is 7.09. The van der Waals surface area contributed by atoms with Gasteiger partial charge in [-0.1, -0.05) is 12.1 Å². The maximum Gasteiger partial charge on any atom is 0.131 e. The van der Waals surface area contributed by atoms with Crippen LogP contribution in [0.3, 0.4) is 0 Å². The van der Waals surface area contributed by atoms with E-state index in [-0.39, 0.29) is 12.3 Å². The van der Waals surface area contributed by atoms with Gasteiger partial charge in [0, 0.05) is 29.4 Å². The van der Waals surface area contributed by atoms with Gasteiger partial charge in [0.15, 0.2) is 0 Å². The molecular weight excluding hydrogens is 248 g/mol. The van der Waals surface area contributed by atoms with Crippen molar-refractivity contribution in [2.24, 2.45) is 0 Å². The summed E-state index contributed by atoms with van der Waals surface area (Å²) in [4.78, 5) is 0. The Balaban J connectivity index is 2.17. The lowest BCUT2D eigenvalue weighted by Gasteiger charge is -2.12. The van der Waals surface area contributed by atoms with Crippen LogP contribution in [0.15, 0.2) is 30.3 Å². The molecule has 2 aromatic rings. The number of anilines is 1. The van der Waals surface area contributed by atoms with Gasteiger partial charge in [-0.05, 0) is 31.5 Å². The molecule has 2 N–H and O–H groups in total. The van der Waals surface area contributed by atoms with Gasteiger partial charge in [0.05, 0.1) is 0 Å². The number of phenolic OH excluding ortho intramolecular Hbond substituents is 1. The van der Waals surface area contributed by atoms with E-state index >= 15 is 0 Å². The van der Waals surface area contributed by atoms with Crippen LogP contribution in [0, 0.1) is 25.5 Å². The fourth-order valence-electron chi connectivity index (χ4n) is 1.88. The third-order valence-electron chi connectivity index (χ3n) is 3.12. The normalized spacial score (nSPS) is 10.5. The van der Waals surface area contributed by atoms with Crippen LogP contribution in [0.2, 0.25) is 0 Å². The second-order valence-electron chi connectivity index (χ2n) is 4.49. The molecule has 0 spiro atoms. The number of rotatable bonds is 3. The minimum absolute atomic E-state index is 0.226. The molecule has 0 aliphatic rings. The first kappa shape index (κ1) is 13.3. The van der Waals surface area contributed by atoms with E-state index in [4.69, 9.17) is 0 Å². The van der Waals surface area contributed by atoms with Crippen molar-refractivity contribution in [1.29, 1.82) is 0 Å². The highest BCUT2D eigenvalue weighted by Gasteiger charge is 2.07. The molecule has 0 aromatic heterocycles. The Morgan fingerprint density at radius 3 is 2.53 bits per heavy atom. The maximum atomic E-state index is 13.5. The lowest BCUT2D eigenvalue weighted by Crippen LogP contribution is -2.03. The molecule has 0 unspecified atom stereocenters. The van der Waals surface area contributed by atoms with E-state index in [2.05, 4.69) is 5.32 Å². The van der Waals surface area contributed by atoms with Crippen LogP contribution in [-0.2, 0) is 6.54 Å². The summed E-state index contributed by atoms with van der Waals surface area (Å²) >= 11 is 0. The van der Waals surface area contributed by atoms with Gasteiger partial charge >= 0.3 is 0 Å². The molecule has 2 nitrogen and oxygen atoms in total. The number of benzene rings is 2. The Morgan fingerprint density at radius 2 is 1.84 bits per heavy atom. The van der Waals surface area contributed by atoms with Gasteiger partial charge in [0.1, 0.15) is 17.4 Å². The molecular formula is C15H15F2NO. The fraction of sp³-hybridized carbons (Fsp3) is 0.200. The standard InChI is InChI=1S/C15H15F2NO/c1-9-3-6-14(10(2)15(9)19)18-8-11-4-5-12(16)7-13(11)17/h3-7,18-19H,8H2,1-2H3. The Kier molecular flexibility index (Phi) is 3.69. The summed E-state index contributed by atoms with van der Waals surface area (Å²) in [6.07, 6.45) is 0. The number of aryl methyl sites for hydroxylation is 1. The van der Waals surface area contributed by atoms with Crippen LogP contribution in [0.25, 0.3) is 0 Å². The monoisotopic (exact) mass is 263 g/mol. The van der Waals surface area contributed by atoms with Crippen LogP contribution in [0.1, 0.15) is 16.7 Å². The summed E-state index contributed by atoms with van der Waals surface area (Å²) in [5, 5.41) is 12.8. The average Bonchev–Trinajstić information content (AvgIpc) is 2.37. The molecule has 0 fully saturated rings. The first-order valence-corrected chi connectivity index (χ1v) is 5.96. The molecule has 4 heteroatoms. The number of nitrogens with one attached hydrogen (secondary N) is 1. The predicted octanol–water partition coefficient (Wildman–Crippen LogP) is 3.90. The third kappa shape index (κ3) is 2.84. The van der Waals surface area contributed by atoms with E-state index in [1.54, 1.807) is 13.0 Å². The van der Waals surface area contributed by atoms with Gasteiger partial charge in [-0.3, -0.25) is 0 Å². The molecule has 0 aliphatic heterocycles. The minimum Gasteiger partial charge on any atom is -0.507 e. The number of aromatic hydroxyl groups is 1. The smallest absolute Gasteiger partial charge is 0.131 e. The van der Waals surface area contributed by atoms with Crippen molar-refractivity contribution in [2.45, 2.75) is 20.4 Å². The van der Waals surface area contributed by atoms with E-state index in [1.165, 1.54) is 12.1 Å². The Morgan fingerprint density at radius 1 is 1.11 bits per heavy atom. The molecule has 0 atom stereocenters. The van der Waals surface area contributed by atoms with Crippen LogP contribution in [0.5, 0.6) is 5.75 Å². The highest BCUT2D eigenvalue weighted by atomic mass is 19.1. The lowest BCUT2D eigenvalue weighted by atomic mass is 10.1.